The van der Waals surface area contributed by atoms with Crippen LogP contribution in [0.25, 0.3) is 11.1 Å². The molecule has 0 radical (unpaired) electrons. The number of aliphatic hydroxyl groups excluding tert-OH is 1. The fraction of sp³-hybridized carbons (Fsp3) is 0.333. The van der Waals surface area contributed by atoms with Crippen LogP contribution in [0.4, 0.5) is 17.1 Å². The summed E-state index contributed by atoms with van der Waals surface area (Å²) < 4.78 is 0. The van der Waals surface area contributed by atoms with Gasteiger partial charge in [-0.1, -0.05) is 60.2 Å². The van der Waals surface area contributed by atoms with E-state index in [1.165, 1.54) is 5.57 Å². The Morgan fingerprint density at radius 1 is 0.971 bits per heavy atom. The molecule has 0 saturated carbocycles. The lowest BCUT2D eigenvalue weighted by Gasteiger charge is -2.29. The average Bonchev–Trinajstić information content (AvgIpc) is 2.88. The Balaban J connectivity index is 1.83. The van der Waals surface area contributed by atoms with Crippen LogP contribution in [0, 0.1) is 0 Å². The molecule has 0 bridgehead atoms. The van der Waals surface area contributed by atoms with E-state index in [0.29, 0.717) is 12.5 Å². The molecule has 0 amide bonds. The van der Waals surface area contributed by atoms with Gasteiger partial charge >= 0.3 is 0 Å². The van der Waals surface area contributed by atoms with E-state index in [9.17, 15) is 5.11 Å². The summed E-state index contributed by atoms with van der Waals surface area (Å²) in [7, 11) is 1.99. The van der Waals surface area contributed by atoms with Gasteiger partial charge < -0.3 is 15.7 Å². The van der Waals surface area contributed by atoms with Gasteiger partial charge in [0.05, 0.1) is 0 Å². The van der Waals surface area contributed by atoms with Crippen molar-refractivity contribution in [1.29, 1.82) is 0 Å². The van der Waals surface area contributed by atoms with E-state index in [0.717, 1.165) is 53.3 Å². The Bertz CT molecular complexity index is 1080. The molecule has 0 fully saturated rings. The van der Waals surface area contributed by atoms with Gasteiger partial charge in [0.15, 0.2) is 0 Å². The van der Waals surface area contributed by atoms with Crippen molar-refractivity contribution in [3.8, 4) is 11.1 Å². The number of para-hydroxylation sites is 1. The number of hydrogen-bond donors (Lipinski definition) is 4. The molecule has 0 aliphatic heterocycles. The van der Waals surface area contributed by atoms with Crippen molar-refractivity contribution >= 4 is 17.1 Å². The molecule has 0 spiro atoms. The molecule has 0 heterocycles. The molecule has 1 unspecified atom stereocenters. The van der Waals surface area contributed by atoms with Crippen LogP contribution in [0.3, 0.4) is 0 Å². The summed E-state index contributed by atoms with van der Waals surface area (Å²) in [4.78, 5) is 0. The number of allylic oxidation sites excluding steroid dienone is 1. The first-order valence-electron chi connectivity index (χ1n) is 12.5. The molecule has 3 aromatic rings. The van der Waals surface area contributed by atoms with Gasteiger partial charge in [0.25, 0.3) is 0 Å². The van der Waals surface area contributed by atoms with E-state index in [4.69, 9.17) is 0 Å². The third-order valence-corrected chi connectivity index (χ3v) is 6.38. The third kappa shape index (κ3) is 7.69. The summed E-state index contributed by atoms with van der Waals surface area (Å²) in [6.07, 6.45) is 3.79. The summed E-state index contributed by atoms with van der Waals surface area (Å²) in [5.74, 6) is 0. The lowest BCUT2D eigenvalue weighted by Crippen LogP contribution is -2.43. The fourth-order valence-corrected chi connectivity index (χ4v) is 4.20. The first-order chi connectivity index (χ1) is 17.0. The van der Waals surface area contributed by atoms with E-state index in [2.05, 4.69) is 96.4 Å². The van der Waals surface area contributed by atoms with Crippen molar-refractivity contribution in [2.24, 2.45) is 0 Å². The van der Waals surface area contributed by atoms with Crippen molar-refractivity contribution in [1.82, 2.24) is 10.4 Å². The maximum atomic E-state index is 9.59. The smallest absolute Gasteiger partial charge is 0.0471 e. The molecule has 0 saturated heterocycles. The molecule has 0 aliphatic rings. The Morgan fingerprint density at radius 2 is 1.71 bits per heavy atom. The van der Waals surface area contributed by atoms with Crippen molar-refractivity contribution < 1.29 is 5.11 Å². The fourth-order valence-electron chi connectivity index (χ4n) is 4.20. The van der Waals surface area contributed by atoms with Crippen LogP contribution in [0.15, 0.2) is 84.4 Å². The second-order valence-electron chi connectivity index (χ2n) is 8.93. The molecular formula is C30H40N4O. The van der Waals surface area contributed by atoms with Gasteiger partial charge in [0, 0.05) is 48.4 Å². The highest BCUT2D eigenvalue weighted by molar-refractivity contribution is 5.83. The molecule has 35 heavy (non-hydrogen) atoms. The minimum atomic E-state index is 0.135. The number of hydrazine groups is 1. The number of hydrogen-bond acceptors (Lipinski definition) is 5. The standard InChI is InChI=1S/C30H40N4O/c1-5-23(2)22-34(31-4)24(3)17-19-32-30-21-27(33-26-12-7-6-8-13-26)15-16-29(30)28-14-10-9-11-25(28)18-20-35/h5-16,21,24,31-33,35H,17-20,22H2,1-4H3/b23-5-. The molecule has 186 valence electrons. The minimum Gasteiger partial charge on any atom is -0.396 e. The molecule has 4 N–H and O–H groups in total. The zero-order chi connectivity index (χ0) is 25.0. The first-order valence-corrected chi connectivity index (χ1v) is 12.5. The highest BCUT2D eigenvalue weighted by Crippen LogP contribution is 2.34. The molecule has 0 aromatic heterocycles. The second kappa shape index (κ2) is 13.7. The quantitative estimate of drug-likeness (QED) is 0.176. The van der Waals surface area contributed by atoms with E-state index in [1.807, 2.05) is 31.3 Å². The SMILES string of the molecule is C/C=C(/C)CN(NC)C(C)CCNc1cc(Nc2ccccc2)ccc1-c1ccccc1CCO. The topological polar surface area (TPSA) is 59.6 Å². The number of aliphatic hydroxyl groups is 1. The Morgan fingerprint density at radius 3 is 2.43 bits per heavy atom. The van der Waals surface area contributed by atoms with E-state index >= 15 is 0 Å². The molecule has 1 atom stereocenters. The normalized spacial score (nSPS) is 12.6. The molecule has 3 rings (SSSR count). The number of benzene rings is 3. The zero-order valence-electron chi connectivity index (χ0n) is 21.5. The molecular weight excluding hydrogens is 432 g/mol. The number of nitrogens with zero attached hydrogens (tertiary/aromatic N) is 1. The third-order valence-electron chi connectivity index (χ3n) is 6.38. The number of nitrogens with one attached hydrogen (secondary N) is 3. The average molecular weight is 473 g/mol. The molecule has 5 heteroatoms. The minimum absolute atomic E-state index is 0.135. The van der Waals surface area contributed by atoms with Crippen molar-refractivity contribution in [2.45, 2.75) is 39.7 Å². The van der Waals surface area contributed by atoms with Crippen molar-refractivity contribution in [3.63, 3.8) is 0 Å². The van der Waals surface area contributed by atoms with E-state index in [1.54, 1.807) is 0 Å². The monoisotopic (exact) mass is 472 g/mol. The summed E-state index contributed by atoms with van der Waals surface area (Å²) in [5.41, 5.74) is 11.3. The van der Waals surface area contributed by atoms with Crippen molar-refractivity contribution in [2.75, 3.05) is 37.4 Å². The van der Waals surface area contributed by atoms with Gasteiger partial charge in [-0.15, -0.1) is 0 Å². The predicted octanol–water partition coefficient (Wildman–Crippen LogP) is 6.23. The van der Waals surface area contributed by atoms with Crippen molar-refractivity contribution in [3.05, 3.63) is 90.0 Å². The zero-order valence-corrected chi connectivity index (χ0v) is 21.5. The van der Waals surface area contributed by atoms with E-state index in [-0.39, 0.29) is 6.61 Å². The largest absolute Gasteiger partial charge is 0.396 e. The summed E-state index contributed by atoms with van der Waals surface area (Å²) in [5, 5.41) is 19.1. The Labute approximate surface area is 210 Å². The molecule has 5 nitrogen and oxygen atoms in total. The summed E-state index contributed by atoms with van der Waals surface area (Å²) in [6, 6.07) is 25.4. The van der Waals surface area contributed by atoms with Crippen LogP contribution in [-0.2, 0) is 6.42 Å². The number of rotatable bonds is 13. The number of anilines is 3. The molecule has 0 aliphatic carbocycles. The van der Waals surface area contributed by atoms with Gasteiger partial charge in [-0.3, -0.25) is 5.43 Å². The second-order valence-corrected chi connectivity index (χ2v) is 8.93. The van der Waals surface area contributed by atoms with Crippen LogP contribution < -0.4 is 16.1 Å². The van der Waals surface area contributed by atoms with Gasteiger partial charge in [-0.2, -0.15) is 0 Å². The van der Waals surface area contributed by atoms with Crippen LogP contribution >= 0.6 is 0 Å². The summed E-state index contributed by atoms with van der Waals surface area (Å²) >= 11 is 0. The Kier molecular flexibility index (Phi) is 10.4. The lowest BCUT2D eigenvalue weighted by atomic mass is 9.96. The maximum Gasteiger partial charge on any atom is 0.0471 e. The van der Waals surface area contributed by atoms with Gasteiger partial charge in [-0.05, 0) is 76.1 Å². The van der Waals surface area contributed by atoms with Gasteiger partial charge in [0.2, 0.25) is 0 Å². The van der Waals surface area contributed by atoms with Crippen LogP contribution in [0.2, 0.25) is 0 Å². The first kappa shape index (κ1) is 26.5. The molecule has 3 aromatic carbocycles. The van der Waals surface area contributed by atoms with Crippen LogP contribution in [0.1, 0.15) is 32.8 Å². The predicted molar refractivity (Wildman–Crippen MR) is 150 cm³/mol. The maximum absolute atomic E-state index is 9.59. The summed E-state index contributed by atoms with van der Waals surface area (Å²) in [6.45, 7) is 8.39. The highest BCUT2D eigenvalue weighted by Gasteiger charge is 2.14. The highest BCUT2D eigenvalue weighted by atomic mass is 16.2. The van der Waals surface area contributed by atoms with Gasteiger partial charge in [0.1, 0.15) is 0 Å². The Hall–Kier alpha value is -3.12. The van der Waals surface area contributed by atoms with E-state index < -0.39 is 0 Å². The van der Waals surface area contributed by atoms with Crippen LogP contribution in [-0.4, -0.2) is 42.9 Å². The lowest BCUT2D eigenvalue weighted by molar-refractivity contribution is 0.160. The van der Waals surface area contributed by atoms with Crippen LogP contribution in [0.5, 0.6) is 0 Å². The van der Waals surface area contributed by atoms with Gasteiger partial charge in [-0.25, -0.2) is 5.01 Å².